The van der Waals surface area contributed by atoms with Crippen molar-refractivity contribution < 1.29 is 9.53 Å². The van der Waals surface area contributed by atoms with Crippen LogP contribution in [-0.4, -0.2) is 17.7 Å². The van der Waals surface area contributed by atoms with Crippen molar-refractivity contribution in [2.45, 2.75) is 71.4 Å². The summed E-state index contributed by atoms with van der Waals surface area (Å²) in [5.74, 6) is 0. The van der Waals surface area contributed by atoms with Crippen molar-refractivity contribution in [1.29, 1.82) is 0 Å². The van der Waals surface area contributed by atoms with Gasteiger partial charge >= 0.3 is 6.09 Å². The van der Waals surface area contributed by atoms with Gasteiger partial charge in [-0.2, -0.15) is 0 Å². The molecule has 0 aromatic rings. The predicted molar refractivity (Wildman–Crippen MR) is 70.0 cm³/mol. The number of hydrogen-bond donors (Lipinski definition) is 1. The van der Waals surface area contributed by atoms with Crippen LogP contribution in [0, 0.1) is 0 Å². The van der Waals surface area contributed by atoms with E-state index < -0.39 is 5.60 Å². The molecule has 98 valence electrons. The number of rotatable bonds is 2. The van der Waals surface area contributed by atoms with Gasteiger partial charge in [0.15, 0.2) is 0 Å². The van der Waals surface area contributed by atoms with E-state index in [1.54, 1.807) is 0 Å². The molecule has 1 aliphatic carbocycles. The Balaban J connectivity index is 2.31. The summed E-state index contributed by atoms with van der Waals surface area (Å²) < 4.78 is 5.25. The summed E-state index contributed by atoms with van der Waals surface area (Å²) in [6.07, 6.45) is 7.41. The van der Waals surface area contributed by atoms with E-state index in [1.165, 1.54) is 5.57 Å². The highest BCUT2D eigenvalue weighted by Crippen LogP contribution is 2.24. The summed E-state index contributed by atoms with van der Waals surface area (Å²) in [6, 6.07) is 0.277. The lowest BCUT2D eigenvalue weighted by Crippen LogP contribution is -2.40. The molecule has 0 spiro atoms. The number of nitrogens with one attached hydrogen (secondary N) is 1. The molecule has 0 aromatic carbocycles. The fraction of sp³-hybridized carbons (Fsp3) is 0.786. The van der Waals surface area contributed by atoms with Crippen molar-refractivity contribution in [2.75, 3.05) is 0 Å². The van der Waals surface area contributed by atoms with Crippen LogP contribution in [0.15, 0.2) is 11.6 Å². The van der Waals surface area contributed by atoms with Gasteiger partial charge in [0.25, 0.3) is 0 Å². The lowest BCUT2D eigenvalue weighted by molar-refractivity contribution is 0.0496. The Morgan fingerprint density at radius 1 is 1.41 bits per heavy atom. The normalized spacial score (nSPS) is 20.9. The molecule has 0 saturated heterocycles. The quantitative estimate of drug-likeness (QED) is 0.744. The van der Waals surface area contributed by atoms with Crippen LogP contribution in [0.25, 0.3) is 0 Å². The molecule has 0 atom stereocenters. The minimum atomic E-state index is -0.411. The van der Waals surface area contributed by atoms with Crippen LogP contribution >= 0.6 is 0 Å². The zero-order valence-corrected chi connectivity index (χ0v) is 11.5. The largest absolute Gasteiger partial charge is 0.444 e. The van der Waals surface area contributed by atoms with Crippen LogP contribution in [0.4, 0.5) is 4.79 Å². The van der Waals surface area contributed by atoms with Crippen molar-refractivity contribution >= 4 is 6.09 Å². The van der Waals surface area contributed by atoms with Crippen LogP contribution < -0.4 is 5.32 Å². The second-order valence-corrected chi connectivity index (χ2v) is 5.69. The molecule has 17 heavy (non-hydrogen) atoms. The maximum atomic E-state index is 11.6. The first-order chi connectivity index (χ1) is 7.90. The number of allylic oxidation sites excluding steroid dienone is 2. The van der Waals surface area contributed by atoms with Gasteiger partial charge in [0.05, 0.1) is 0 Å². The standard InChI is InChI=1S/C14H25NO2/c1-5-6-11-7-9-12(10-8-11)15-13(16)17-14(2,3)4/h6,12H,5,7-10H2,1-4H3,(H,15,16). The minimum Gasteiger partial charge on any atom is -0.444 e. The van der Waals surface area contributed by atoms with E-state index in [0.29, 0.717) is 0 Å². The molecule has 3 nitrogen and oxygen atoms in total. The number of ether oxygens (including phenoxy) is 1. The van der Waals surface area contributed by atoms with E-state index in [1.807, 2.05) is 20.8 Å². The number of amides is 1. The highest BCUT2D eigenvalue weighted by Gasteiger charge is 2.21. The Morgan fingerprint density at radius 2 is 2.00 bits per heavy atom. The summed E-state index contributed by atoms with van der Waals surface area (Å²) in [6.45, 7) is 7.82. The highest BCUT2D eigenvalue weighted by atomic mass is 16.6. The highest BCUT2D eigenvalue weighted by molar-refractivity contribution is 5.68. The van der Waals surface area contributed by atoms with E-state index in [-0.39, 0.29) is 12.1 Å². The molecule has 1 amide bonds. The van der Waals surface area contributed by atoms with Crippen LogP contribution in [-0.2, 0) is 4.74 Å². The lowest BCUT2D eigenvalue weighted by atomic mass is 9.90. The molecule has 1 aliphatic rings. The molecule has 3 heteroatoms. The molecule has 1 saturated carbocycles. The third kappa shape index (κ3) is 5.76. The van der Waals surface area contributed by atoms with Crippen LogP contribution in [0.2, 0.25) is 0 Å². The first kappa shape index (κ1) is 14.1. The van der Waals surface area contributed by atoms with Gasteiger partial charge in [-0.25, -0.2) is 4.79 Å². The van der Waals surface area contributed by atoms with Gasteiger partial charge in [0, 0.05) is 6.04 Å². The smallest absolute Gasteiger partial charge is 0.407 e. The Hall–Kier alpha value is -0.990. The van der Waals surface area contributed by atoms with Gasteiger partial charge in [0.2, 0.25) is 0 Å². The first-order valence-electron chi connectivity index (χ1n) is 6.58. The fourth-order valence-electron chi connectivity index (χ4n) is 2.10. The molecular weight excluding hydrogens is 214 g/mol. The third-order valence-corrected chi connectivity index (χ3v) is 2.84. The number of carbonyl (C=O) groups is 1. The Morgan fingerprint density at radius 3 is 2.47 bits per heavy atom. The Bertz CT molecular complexity index is 279. The molecule has 0 unspecified atom stereocenters. The maximum absolute atomic E-state index is 11.6. The monoisotopic (exact) mass is 239 g/mol. The molecule has 0 bridgehead atoms. The van der Waals surface area contributed by atoms with E-state index in [4.69, 9.17) is 4.74 Å². The van der Waals surface area contributed by atoms with Crippen molar-refractivity contribution in [3.8, 4) is 0 Å². The van der Waals surface area contributed by atoms with Crippen molar-refractivity contribution in [3.63, 3.8) is 0 Å². The molecule has 1 fully saturated rings. The molecule has 0 aromatic heterocycles. The predicted octanol–water partition coefficient (Wildman–Crippen LogP) is 3.79. The molecule has 1 rings (SSSR count). The SMILES string of the molecule is CCC=C1CCC(NC(=O)OC(C)(C)C)CC1. The Labute approximate surface area is 105 Å². The van der Waals surface area contributed by atoms with E-state index in [0.717, 1.165) is 32.1 Å². The topological polar surface area (TPSA) is 38.3 Å². The average Bonchev–Trinajstić information content (AvgIpc) is 2.18. The zero-order valence-electron chi connectivity index (χ0n) is 11.5. The molecule has 1 N–H and O–H groups in total. The summed E-state index contributed by atoms with van der Waals surface area (Å²) >= 11 is 0. The van der Waals surface area contributed by atoms with Gasteiger partial charge in [-0.05, 0) is 52.9 Å². The molecule has 0 aliphatic heterocycles. The molecule has 0 heterocycles. The van der Waals surface area contributed by atoms with Gasteiger partial charge < -0.3 is 10.1 Å². The van der Waals surface area contributed by atoms with Crippen LogP contribution in [0.1, 0.15) is 59.8 Å². The van der Waals surface area contributed by atoms with Gasteiger partial charge in [-0.15, -0.1) is 0 Å². The average molecular weight is 239 g/mol. The van der Waals surface area contributed by atoms with Crippen molar-refractivity contribution in [3.05, 3.63) is 11.6 Å². The van der Waals surface area contributed by atoms with E-state index in [9.17, 15) is 4.79 Å². The fourth-order valence-corrected chi connectivity index (χ4v) is 2.10. The second kappa shape index (κ2) is 6.08. The zero-order chi connectivity index (χ0) is 12.9. The molecular formula is C14H25NO2. The Kier molecular flexibility index (Phi) is 5.03. The number of carbonyl (C=O) groups excluding carboxylic acids is 1. The second-order valence-electron chi connectivity index (χ2n) is 5.69. The number of hydrogen-bond acceptors (Lipinski definition) is 2. The van der Waals surface area contributed by atoms with Crippen molar-refractivity contribution in [1.82, 2.24) is 5.32 Å². The summed E-state index contributed by atoms with van der Waals surface area (Å²) in [5, 5.41) is 2.95. The third-order valence-electron chi connectivity index (χ3n) is 2.84. The molecule has 0 radical (unpaired) electrons. The van der Waals surface area contributed by atoms with Gasteiger partial charge in [0.1, 0.15) is 5.60 Å². The van der Waals surface area contributed by atoms with Gasteiger partial charge in [-0.1, -0.05) is 18.6 Å². The maximum Gasteiger partial charge on any atom is 0.407 e. The van der Waals surface area contributed by atoms with Gasteiger partial charge in [-0.3, -0.25) is 0 Å². The van der Waals surface area contributed by atoms with E-state index in [2.05, 4.69) is 18.3 Å². The van der Waals surface area contributed by atoms with Crippen molar-refractivity contribution in [2.24, 2.45) is 0 Å². The summed E-state index contributed by atoms with van der Waals surface area (Å²) in [4.78, 5) is 11.6. The number of alkyl carbamates (subject to hydrolysis) is 1. The lowest BCUT2D eigenvalue weighted by Gasteiger charge is -2.27. The minimum absolute atomic E-state index is 0.277. The van der Waals surface area contributed by atoms with E-state index >= 15 is 0 Å². The summed E-state index contributed by atoms with van der Waals surface area (Å²) in [7, 11) is 0. The van der Waals surface area contributed by atoms with Crippen LogP contribution in [0.3, 0.4) is 0 Å². The first-order valence-corrected chi connectivity index (χ1v) is 6.58. The summed E-state index contributed by atoms with van der Waals surface area (Å²) in [5.41, 5.74) is 1.13. The van der Waals surface area contributed by atoms with Crippen LogP contribution in [0.5, 0.6) is 0 Å².